The van der Waals surface area contributed by atoms with Crippen LogP contribution in [0.4, 0.5) is 17.1 Å². The summed E-state index contributed by atoms with van der Waals surface area (Å²) < 4.78 is 5.05. The van der Waals surface area contributed by atoms with Crippen molar-refractivity contribution in [3.63, 3.8) is 0 Å². The van der Waals surface area contributed by atoms with Crippen LogP contribution in [0.2, 0.25) is 0 Å². The van der Waals surface area contributed by atoms with Gasteiger partial charge >= 0.3 is 0 Å². The monoisotopic (exact) mass is 984 g/mol. The van der Waals surface area contributed by atoms with Gasteiger partial charge in [-0.15, -0.1) is 11.3 Å². The lowest BCUT2D eigenvalue weighted by Gasteiger charge is -2.34. The molecule has 0 fully saturated rings. The summed E-state index contributed by atoms with van der Waals surface area (Å²) in [6.07, 6.45) is 0. The van der Waals surface area contributed by atoms with Gasteiger partial charge in [0.05, 0.1) is 16.4 Å². The average molecular weight is 985 g/mol. The summed E-state index contributed by atoms with van der Waals surface area (Å²) >= 11 is 1.88. The molecule has 1 aliphatic carbocycles. The first-order chi connectivity index (χ1) is 37.7. The predicted molar refractivity (Wildman–Crippen MR) is 322 cm³/mol. The molecule has 3 heteroatoms. The second-order valence-electron chi connectivity index (χ2n) is 20.0. The molecule has 0 radical (unpaired) electrons. The van der Waals surface area contributed by atoms with E-state index in [1.165, 1.54) is 103 Å². The van der Waals surface area contributed by atoms with Crippen molar-refractivity contribution >= 4 is 70.4 Å². The molecule has 12 aromatic carbocycles. The van der Waals surface area contributed by atoms with Gasteiger partial charge in [-0.3, -0.25) is 0 Å². The number of thiophene rings is 1. The number of fused-ring (bicyclic) bond motifs is 9. The van der Waals surface area contributed by atoms with Gasteiger partial charge in [0.1, 0.15) is 0 Å². The first-order valence-corrected chi connectivity index (χ1v) is 27.0. The zero-order valence-electron chi connectivity index (χ0n) is 41.5. The van der Waals surface area contributed by atoms with Crippen molar-refractivity contribution in [3.05, 3.63) is 313 Å². The molecule has 0 saturated heterocycles. The van der Waals surface area contributed by atoms with E-state index in [-0.39, 0.29) is 0 Å². The Morgan fingerprint density at radius 2 is 0.789 bits per heavy atom. The maximum Gasteiger partial charge on any atom is 0.0713 e. The second kappa shape index (κ2) is 17.8. The van der Waals surface area contributed by atoms with Crippen molar-refractivity contribution in [2.24, 2.45) is 0 Å². The number of hydrogen-bond donors (Lipinski definition) is 0. The molecule has 0 bridgehead atoms. The van der Waals surface area contributed by atoms with Gasteiger partial charge in [-0.25, -0.2) is 0 Å². The lowest BCUT2D eigenvalue weighted by Crippen LogP contribution is -2.28. The SMILES string of the molecule is c1ccc(C2(c3ccccc3)c3ccccc3-c3cc(N(c4ccc(-c5ccc(-c6cccc7c6sc6ccccc67)cc5)cc4)c4ccc(-c5cccc(-n6c7ccccc7c7ccccc76)c5)cc4)ccc32)cc1. The average Bonchev–Trinajstić information content (AvgIpc) is 4.32. The van der Waals surface area contributed by atoms with Crippen LogP contribution in [0.3, 0.4) is 0 Å². The molecule has 2 aromatic heterocycles. The number of rotatable bonds is 9. The molecule has 0 aliphatic heterocycles. The Morgan fingerprint density at radius 1 is 0.303 bits per heavy atom. The lowest BCUT2D eigenvalue weighted by atomic mass is 9.68. The van der Waals surface area contributed by atoms with Crippen LogP contribution in [-0.2, 0) is 5.41 Å². The zero-order valence-corrected chi connectivity index (χ0v) is 42.3. The fourth-order valence-electron chi connectivity index (χ4n) is 12.5. The molecule has 356 valence electrons. The van der Waals surface area contributed by atoms with E-state index in [0.717, 1.165) is 28.3 Å². The third kappa shape index (κ3) is 6.94. The highest BCUT2D eigenvalue weighted by molar-refractivity contribution is 7.26. The Hall–Kier alpha value is -9.54. The number of hydrogen-bond acceptors (Lipinski definition) is 2. The normalized spacial score (nSPS) is 12.6. The van der Waals surface area contributed by atoms with Crippen molar-refractivity contribution in [1.29, 1.82) is 0 Å². The van der Waals surface area contributed by atoms with Gasteiger partial charge in [0, 0.05) is 53.7 Å². The highest BCUT2D eigenvalue weighted by atomic mass is 32.1. The third-order valence-electron chi connectivity index (χ3n) is 15.9. The molecule has 76 heavy (non-hydrogen) atoms. The molecule has 0 saturated carbocycles. The van der Waals surface area contributed by atoms with E-state index in [1.54, 1.807) is 0 Å². The minimum atomic E-state index is -0.477. The van der Waals surface area contributed by atoms with Crippen molar-refractivity contribution in [2.45, 2.75) is 5.41 Å². The molecule has 15 rings (SSSR count). The molecule has 14 aromatic rings. The van der Waals surface area contributed by atoms with E-state index >= 15 is 0 Å². The summed E-state index contributed by atoms with van der Waals surface area (Å²) in [4.78, 5) is 2.42. The Labute approximate surface area is 446 Å². The van der Waals surface area contributed by atoms with E-state index in [2.05, 4.69) is 301 Å². The largest absolute Gasteiger partial charge is 0.310 e. The Balaban J connectivity index is 0.835. The summed E-state index contributed by atoms with van der Waals surface area (Å²) in [6.45, 7) is 0. The van der Waals surface area contributed by atoms with Gasteiger partial charge in [0.15, 0.2) is 0 Å². The van der Waals surface area contributed by atoms with E-state index in [0.29, 0.717) is 0 Å². The van der Waals surface area contributed by atoms with Crippen LogP contribution in [0.1, 0.15) is 22.3 Å². The van der Waals surface area contributed by atoms with Crippen molar-refractivity contribution in [2.75, 3.05) is 4.90 Å². The fourth-order valence-corrected chi connectivity index (χ4v) is 13.7. The molecule has 0 atom stereocenters. The van der Waals surface area contributed by atoms with Crippen LogP contribution in [0.25, 0.3) is 92.2 Å². The van der Waals surface area contributed by atoms with E-state index < -0.39 is 5.41 Å². The van der Waals surface area contributed by atoms with Gasteiger partial charge in [0.2, 0.25) is 0 Å². The minimum Gasteiger partial charge on any atom is -0.310 e. The highest BCUT2D eigenvalue weighted by Crippen LogP contribution is 2.57. The molecular formula is C73H48N2S. The molecule has 0 spiro atoms. The lowest BCUT2D eigenvalue weighted by molar-refractivity contribution is 0.768. The maximum atomic E-state index is 2.43. The Bertz CT molecular complexity index is 4400. The number of anilines is 3. The van der Waals surface area contributed by atoms with E-state index in [1.807, 2.05) is 11.3 Å². The first kappa shape index (κ1) is 44.0. The molecule has 0 unspecified atom stereocenters. The standard InChI is InChI=1S/C73H48N2S/c1-3-18-54(19-4-1)73(55-20-5-2-6-21-55)67-29-11-7-23-61(67)66-48-59(45-46-68(66)73)74(56-41-37-50(38-42-56)49-33-35-52(36-34-49)60-27-16-28-65-64-26-10-14-32-71(64)76-72(60)65)57-43-39-51(40-44-57)53-17-15-22-58(47-53)75-69-30-12-8-24-62(69)63-25-9-13-31-70(63)75/h1-48H. The fraction of sp³-hybridized carbons (Fsp3) is 0.0137. The summed E-state index contributed by atoms with van der Waals surface area (Å²) in [5.41, 5.74) is 21.1. The summed E-state index contributed by atoms with van der Waals surface area (Å²) in [5.74, 6) is 0. The second-order valence-corrected chi connectivity index (χ2v) is 21.0. The zero-order chi connectivity index (χ0) is 50.2. The summed E-state index contributed by atoms with van der Waals surface area (Å²) in [7, 11) is 0. The Morgan fingerprint density at radius 3 is 1.46 bits per heavy atom. The van der Waals surface area contributed by atoms with Crippen LogP contribution < -0.4 is 4.90 Å². The number of benzene rings is 12. The number of aromatic nitrogens is 1. The van der Waals surface area contributed by atoms with Crippen molar-refractivity contribution in [3.8, 4) is 50.2 Å². The van der Waals surface area contributed by atoms with Crippen molar-refractivity contribution < 1.29 is 0 Å². The van der Waals surface area contributed by atoms with E-state index in [9.17, 15) is 0 Å². The topological polar surface area (TPSA) is 8.17 Å². The third-order valence-corrected chi connectivity index (χ3v) is 17.1. The Kier molecular flexibility index (Phi) is 10.3. The molecule has 2 heterocycles. The molecule has 0 N–H and O–H groups in total. The summed E-state index contributed by atoms with van der Waals surface area (Å²) in [5, 5.41) is 5.17. The van der Waals surface area contributed by atoms with Crippen LogP contribution in [0.15, 0.2) is 291 Å². The van der Waals surface area contributed by atoms with Crippen molar-refractivity contribution in [1.82, 2.24) is 4.57 Å². The molecule has 2 nitrogen and oxygen atoms in total. The van der Waals surface area contributed by atoms with Gasteiger partial charge in [-0.05, 0) is 133 Å². The number of para-hydroxylation sites is 2. The highest BCUT2D eigenvalue weighted by Gasteiger charge is 2.46. The van der Waals surface area contributed by atoms with Crippen LogP contribution in [-0.4, -0.2) is 4.57 Å². The quantitative estimate of drug-likeness (QED) is 0.140. The number of nitrogens with zero attached hydrogens (tertiary/aromatic N) is 2. The minimum absolute atomic E-state index is 0.477. The van der Waals surface area contributed by atoms with Gasteiger partial charge in [0.25, 0.3) is 0 Å². The smallest absolute Gasteiger partial charge is 0.0713 e. The summed E-state index contributed by atoms with van der Waals surface area (Å²) in [6, 6.07) is 107. The van der Waals surface area contributed by atoms with Crippen LogP contribution >= 0.6 is 11.3 Å². The van der Waals surface area contributed by atoms with E-state index in [4.69, 9.17) is 0 Å². The first-order valence-electron chi connectivity index (χ1n) is 26.1. The molecule has 1 aliphatic rings. The predicted octanol–water partition coefficient (Wildman–Crippen LogP) is 20.0. The maximum absolute atomic E-state index is 2.43. The van der Waals surface area contributed by atoms with Crippen LogP contribution in [0, 0.1) is 0 Å². The van der Waals surface area contributed by atoms with Crippen LogP contribution in [0.5, 0.6) is 0 Å². The van der Waals surface area contributed by atoms with Gasteiger partial charge in [-0.2, -0.15) is 0 Å². The molecule has 0 amide bonds. The van der Waals surface area contributed by atoms with Gasteiger partial charge in [-0.1, -0.05) is 224 Å². The molecular weight excluding hydrogens is 937 g/mol. The van der Waals surface area contributed by atoms with Gasteiger partial charge < -0.3 is 9.47 Å².